The van der Waals surface area contributed by atoms with Gasteiger partial charge in [-0.15, -0.1) is 0 Å². The summed E-state index contributed by atoms with van der Waals surface area (Å²) in [6.45, 7) is 3.15. The van der Waals surface area contributed by atoms with Crippen molar-refractivity contribution in [2.24, 2.45) is 0 Å². The minimum absolute atomic E-state index is 0.0138. The van der Waals surface area contributed by atoms with Gasteiger partial charge in [0.15, 0.2) is 0 Å². The van der Waals surface area contributed by atoms with Crippen LogP contribution >= 0.6 is 0 Å². The number of carbonyl (C=O) groups excluding carboxylic acids is 2. The lowest BCUT2D eigenvalue weighted by Crippen LogP contribution is -2.47. The van der Waals surface area contributed by atoms with Crippen LogP contribution in [-0.4, -0.2) is 54.8 Å². The molecule has 1 saturated heterocycles. The second kappa shape index (κ2) is 7.44. The number of likely N-dealkylation sites (N-methyl/N-ethyl adjacent to an activating group) is 1. The van der Waals surface area contributed by atoms with E-state index in [1.54, 1.807) is 30.3 Å². The summed E-state index contributed by atoms with van der Waals surface area (Å²) in [5, 5.41) is 2.64. The summed E-state index contributed by atoms with van der Waals surface area (Å²) in [7, 11) is 2.04. The van der Waals surface area contributed by atoms with E-state index >= 15 is 0 Å². The van der Waals surface area contributed by atoms with Crippen LogP contribution in [0.15, 0.2) is 48.5 Å². The molecule has 1 heterocycles. The largest absolute Gasteiger partial charge is 0.336 e. The van der Waals surface area contributed by atoms with Crippen LogP contribution in [0.25, 0.3) is 0 Å². The molecule has 2 amide bonds. The zero-order chi connectivity index (χ0) is 17.8. The molecule has 0 aromatic heterocycles. The van der Waals surface area contributed by atoms with Gasteiger partial charge in [-0.05, 0) is 43.4 Å². The summed E-state index contributed by atoms with van der Waals surface area (Å²) >= 11 is 0. The van der Waals surface area contributed by atoms with Crippen LogP contribution in [0, 0.1) is 5.82 Å². The van der Waals surface area contributed by atoms with E-state index in [0.717, 1.165) is 13.1 Å². The topological polar surface area (TPSA) is 52.6 Å². The number of rotatable bonds is 3. The molecule has 1 aliphatic rings. The smallest absolute Gasteiger partial charge is 0.258 e. The molecular weight excluding hydrogens is 321 g/mol. The average molecular weight is 341 g/mol. The molecule has 25 heavy (non-hydrogen) atoms. The van der Waals surface area contributed by atoms with Crippen LogP contribution in [0.5, 0.6) is 0 Å². The summed E-state index contributed by atoms with van der Waals surface area (Å²) in [5.41, 5.74) is 1.08. The van der Waals surface area contributed by atoms with Crippen molar-refractivity contribution in [3.05, 3.63) is 65.5 Å². The van der Waals surface area contributed by atoms with Gasteiger partial charge in [-0.1, -0.05) is 12.1 Å². The van der Waals surface area contributed by atoms with Gasteiger partial charge in [0.2, 0.25) is 0 Å². The van der Waals surface area contributed by atoms with Crippen molar-refractivity contribution in [2.45, 2.75) is 0 Å². The summed E-state index contributed by atoms with van der Waals surface area (Å²) < 4.78 is 13.6. The Hall–Kier alpha value is -2.73. The van der Waals surface area contributed by atoms with Crippen LogP contribution in [0.4, 0.5) is 10.1 Å². The molecule has 1 N–H and O–H groups in total. The van der Waals surface area contributed by atoms with Crippen LogP contribution < -0.4 is 5.32 Å². The Balaban J connectivity index is 1.65. The molecule has 0 unspecified atom stereocenters. The third-order valence-corrected chi connectivity index (χ3v) is 4.30. The number of carbonyl (C=O) groups is 2. The first-order chi connectivity index (χ1) is 12.0. The normalized spacial score (nSPS) is 15.0. The van der Waals surface area contributed by atoms with Crippen LogP contribution in [0.3, 0.4) is 0 Å². The lowest BCUT2D eigenvalue weighted by molar-refractivity contribution is 0.0664. The number of halogens is 1. The Morgan fingerprint density at radius 2 is 1.60 bits per heavy atom. The number of hydrogen-bond acceptors (Lipinski definition) is 3. The van der Waals surface area contributed by atoms with Crippen molar-refractivity contribution < 1.29 is 14.0 Å². The highest BCUT2D eigenvalue weighted by Gasteiger charge is 2.20. The fourth-order valence-corrected chi connectivity index (χ4v) is 2.73. The first kappa shape index (κ1) is 17.1. The second-order valence-electron chi connectivity index (χ2n) is 6.11. The lowest BCUT2D eigenvalue weighted by Gasteiger charge is -2.32. The SMILES string of the molecule is CN1CCN(C(=O)c2ccc(NC(=O)c3ccccc3F)cc2)CC1. The van der Waals surface area contributed by atoms with Gasteiger partial charge < -0.3 is 15.1 Å². The number of amides is 2. The third-order valence-electron chi connectivity index (χ3n) is 4.30. The third kappa shape index (κ3) is 4.03. The standard InChI is InChI=1S/C19H20FN3O2/c1-22-10-12-23(13-11-22)19(25)14-6-8-15(9-7-14)21-18(24)16-4-2-3-5-17(16)20/h2-9H,10-13H2,1H3,(H,21,24). The van der Waals surface area contributed by atoms with Crippen molar-refractivity contribution in [3.63, 3.8) is 0 Å². The Bertz CT molecular complexity index is 768. The van der Waals surface area contributed by atoms with E-state index in [9.17, 15) is 14.0 Å². The summed E-state index contributed by atoms with van der Waals surface area (Å²) in [4.78, 5) is 28.6. The van der Waals surface area contributed by atoms with E-state index in [4.69, 9.17) is 0 Å². The minimum atomic E-state index is -0.568. The maximum Gasteiger partial charge on any atom is 0.258 e. The van der Waals surface area contributed by atoms with Crippen molar-refractivity contribution in [3.8, 4) is 0 Å². The molecule has 0 radical (unpaired) electrons. The molecule has 0 bridgehead atoms. The molecule has 0 saturated carbocycles. The fourth-order valence-electron chi connectivity index (χ4n) is 2.73. The molecule has 0 aliphatic carbocycles. The predicted octanol–water partition coefficient (Wildman–Crippen LogP) is 2.47. The number of piperazine rings is 1. The first-order valence-corrected chi connectivity index (χ1v) is 8.18. The molecule has 3 rings (SSSR count). The molecule has 5 nitrogen and oxygen atoms in total. The molecule has 130 valence electrons. The maximum atomic E-state index is 13.6. The van der Waals surface area contributed by atoms with E-state index in [1.165, 1.54) is 18.2 Å². The Kier molecular flexibility index (Phi) is 5.09. The van der Waals surface area contributed by atoms with Gasteiger partial charge in [0.1, 0.15) is 5.82 Å². The first-order valence-electron chi connectivity index (χ1n) is 8.18. The van der Waals surface area contributed by atoms with Gasteiger partial charge in [-0.25, -0.2) is 4.39 Å². The van der Waals surface area contributed by atoms with E-state index in [-0.39, 0.29) is 11.5 Å². The molecule has 2 aromatic rings. The number of nitrogens with zero attached hydrogens (tertiary/aromatic N) is 2. The average Bonchev–Trinajstić information content (AvgIpc) is 2.63. The molecule has 2 aromatic carbocycles. The molecular formula is C19H20FN3O2. The summed E-state index contributed by atoms with van der Waals surface area (Å²) in [6, 6.07) is 12.5. The highest BCUT2D eigenvalue weighted by Crippen LogP contribution is 2.15. The van der Waals surface area contributed by atoms with E-state index in [1.807, 2.05) is 11.9 Å². The molecule has 1 aliphatic heterocycles. The van der Waals surface area contributed by atoms with Gasteiger partial charge in [0.05, 0.1) is 5.56 Å². The quantitative estimate of drug-likeness (QED) is 0.933. The van der Waals surface area contributed by atoms with E-state index in [2.05, 4.69) is 10.2 Å². The Morgan fingerprint density at radius 3 is 2.24 bits per heavy atom. The van der Waals surface area contributed by atoms with E-state index < -0.39 is 11.7 Å². The lowest BCUT2D eigenvalue weighted by atomic mass is 10.1. The number of hydrogen-bond donors (Lipinski definition) is 1. The Morgan fingerprint density at radius 1 is 0.960 bits per heavy atom. The van der Waals surface area contributed by atoms with Crippen molar-refractivity contribution in [1.82, 2.24) is 9.80 Å². The van der Waals surface area contributed by atoms with Crippen LogP contribution in [0.2, 0.25) is 0 Å². The highest BCUT2D eigenvalue weighted by molar-refractivity contribution is 6.04. The van der Waals surface area contributed by atoms with Gasteiger partial charge in [0, 0.05) is 37.4 Å². The monoisotopic (exact) mass is 341 g/mol. The molecule has 1 fully saturated rings. The zero-order valence-electron chi connectivity index (χ0n) is 14.0. The van der Waals surface area contributed by atoms with Crippen molar-refractivity contribution in [1.29, 1.82) is 0 Å². The van der Waals surface area contributed by atoms with Gasteiger partial charge in [-0.3, -0.25) is 9.59 Å². The van der Waals surface area contributed by atoms with Gasteiger partial charge in [-0.2, -0.15) is 0 Å². The fraction of sp³-hybridized carbons (Fsp3) is 0.263. The van der Waals surface area contributed by atoms with Crippen LogP contribution in [0.1, 0.15) is 20.7 Å². The van der Waals surface area contributed by atoms with Gasteiger partial charge in [0.25, 0.3) is 11.8 Å². The number of nitrogens with one attached hydrogen (secondary N) is 1. The molecule has 0 atom stereocenters. The summed E-state index contributed by atoms with van der Waals surface area (Å²) in [6.07, 6.45) is 0. The number of benzene rings is 2. The predicted molar refractivity (Wildman–Crippen MR) is 94.2 cm³/mol. The van der Waals surface area contributed by atoms with Crippen molar-refractivity contribution >= 4 is 17.5 Å². The van der Waals surface area contributed by atoms with Gasteiger partial charge >= 0.3 is 0 Å². The number of anilines is 1. The summed E-state index contributed by atoms with van der Waals surface area (Å²) in [5.74, 6) is -1.10. The minimum Gasteiger partial charge on any atom is -0.336 e. The van der Waals surface area contributed by atoms with Crippen LogP contribution in [-0.2, 0) is 0 Å². The maximum absolute atomic E-state index is 13.6. The Labute approximate surface area is 146 Å². The molecule has 6 heteroatoms. The zero-order valence-corrected chi connectivity index (χ0v) is 14.0. The second-order valence-corrected chi connectivity index (χ2v) is 6.11. The molecule has 0 spiro atoms. The highest BCUT2D eigenvalue weighted by atomic mass is 19.1. The van der Waals surface area contributed by atoms with E-state index in [0.29, 0.717) is 24.3 Å². The van der Waals surface area contributed by atoms with Crippen molar-refractivity contribution in [2.75, 3.05) is 38.5 Å².